The Morgan fingerprint density at radius 2 is 1.67 bits per heavy atom. The van der Waals surface area contributed by atoms with Crippen molar-refractivity contribution >= 4 is 34.5 Å². The number of nitrogens with two attached hydrogens (primary N) is 1. The molecule has 0 spiro atoms. The minimum atomic E-state index is -5.08. The fraction of sp³-hybridized carbons (Fsp3) is 0.385. The summed E-state index contributed by atoms with van der Waals surface area (Å²) >= 11 is 0. The number of carbonyl (C=O) groups excluding carboxylic acids is 2. The highest BCUT2D eigenvalue weighted by atomic mass is 19.4. The molecular formula is C26H30F3N3O7. The Labute approximate surface area is 222 Å². The Hall–Kier alpha value is -4.13. The van der Waals surface area contributed by atoms with Gasteiger partial charge >= 0.3 is 18.1 Å². The summed E-state index contributed by atoms with van der Waals surface area (Å²) in [6.45, 7) is 4.17. The predicted octanol–water partition coefficient (Wildman–Crippen LogP) is 2.45. The van der Waals surface area contributed by atoms with Gasteiger partial charge in [0, 0.05) is 20.0 Å². The van der Waals surface area contributed by atoms with Gasteiger partial charge in [-0.05, 0) is 35.3 Å². The van der Waals surface area contributed by atoms with E-state index in [0.29, 0.717) is 25.9 Å². The first kappa shape index (κ1) is 31.1. The van der Waals surface area contributed by atoms with Gasteiger partial charge in [0.15, 0.2) is 6.10 Å². The second kappa shape index (κ2) is 13.6. The van der Waals surface area contributed by atoms with Gasteiger partial charge in [-0.1, -0.05) is 49.4 Å². The summed E-state index contributed by atoms with van der Waals surface area (Å²) in [5.41, 5.74) is 7.19. The van der Waals surface area contributed by atoms with Crippen molar-refractivity contribution in [1.82, 2.24) is 10.2 Å². The monoisotopic (exact) mass is 553 g/mol. The Balaban J connectivity index is 0.000000673. The first-order valence-electron chi connectivity index (χ1n) is 12.0. The third-order valence-electron chi connectivity index (χ3n) is 5.74. The van der Waals surface area contributed by atoms with Crippen LogP contribution in [0.25, 0.3) is 10.8 Å². The molecule has 3 rings (SSSR count). The van der Waals surface area contributed by atoms with Gasteiger partial charge in [-0.3, -0.25) is 9.59 Å². The van der Waals surface area contributed by atoms with Crippen LogP contribution in [0, 0.1) is 0 Å². The van der Waals surface area contributed by atoms with E-state index in [0.717, 1.165) is 16.3 Å². The van der Waals surface area contributed by atoms with E-state index in [-0.39, 0.29) is 11.7 Å². The van der Waals surface area contributed by atoms with E-state index in [2.05, 4.69) is 11.4 Å². The van der Waals surface area contributed by atoms with Gasteiger partial charge in [-0.25, -0.2) is 9.59 Å². The number of carboxylic acids is 2. The molecule has 5 N–H and O–H groups in total. The molecule has 3 atom stereocenters. The molecule has 0 aliphatic carbocycles. The van der Waals surface area contributed by atoms with Crippen molar-refractivity contribution in [3.8, 4) is 0 Å². The Kier molecular flexibility index (Phi) is 10.8. The summed E-state index contributed by atoms with van der Waals surface area (Å²) in [4.78, 5) is 47.2. The number of aliphatic carboxylic acids is 2. The van der Waals surface area contributed by atoms with Gasteiger partial charge in [-0.2, -0.15) is 13.2 Å². The van der Waals surface area contributed by atoms with E-state index >= 15 is 0 Å². The molecule has 0 unspecified atom stereocenters. The van der Waals surface area contributed by atoms with Crippen LogP contribution in [0.3, 0.4) is 0 Å². The van der Waals surface area contributed by atoms with Crippen LogP contribution in [-0.4, -0.2) is 76.3 Å². The van der Waals surface area contributed by atoms with Gasteiger partial charge in [0.25, 0.3) is 5.91 Å². The predicted molar refractivity (Wildman–Crippen MR) is 134 cm³/mol. The van der Waals surface area contributed by atoms with Crippen LogP contribution >= 0.6 is 0 Å². The second-order valence-corrected chi connectivity index (χ2v) is 8.69. The second-order valence-electron chi connectivity index (χ2n) is 8.69. The van der Waals surface area contributed by atoms with Crippen LogP contribution in [0.1, 0.15) is 25.8 Å². The van der Waals surface area contributed by atoms with Gasteiger partial charge in [0.05, 0.1) is 12.1 Å². The van der Waals surface area contributed by atoms with E-state index in [9.17, 15) is 32.7 Å². The van der Waals surface area contributed by atoms with Crippen LogP contribution in [0.2, 0.25) is 0 Å². The smallest absolute Gasteiger partial charge is 0.475 e. The molecule has 0 saturated carbocycles. The number of amides is 2. The Bertz CT molecular complexity index is 1230. The minimum absolute atomic E-state index is 0.378. The van der Waals surface area contributed by atoms with E-state index in [1.165, 1.54) is 13.0 Å². The molecule has 2 aromatic carbocycles. The first-order valence-corrected chi connectivity index (χ1v) is 12.0. The zero-order valence-electron chi connectivity index (χ0n) is 21.3. The van der Waals surface area contributed by atoms with E-state index in [4.69, 9.17) is 20.4 Å². The Morgan fingerprint density at radius 1 is 1.05 bits per heavy atom. The summed E-state index contributed by atoms with van der Waals surface area (Å²) in [6, 6.07) is 12.4. The molecule has 0 aromatic heterocycles. The number of hydrogen-bond acceptors (Lipinski definition) is 6. The SMILES string of the molecule is CCCN(CCc1cccc2ccccc12)C(=O)[C@@H]1OC(C(=O)O)=C[C@H](N)[C@H]1NC(C)=O.O=C(O)C(F)(F)F. The number of carbonyl (C=O) groups is 4. The lowest BCUT2D eigenvalue weighted by Crippen LogP contribution is -2.61. The van der Waals surface area contributed by atoms with Gasteiger partial charge in [-0.15, -0.1) is 0 Å². The summed E-state index contributed by atoms with van der Waals surface area (Å²) in [7, 11) is 0. The number of halogens is 3. The standard InChI is InChI=1S/C24H29N3O5.C2HF3O2/c1-3-12-27(13-11-17-9-6-8-16-7-4-5-10-18(16)17)23(29)22-21(26-15(2)28)19(25)14-20(32-22)24(30)31;3-2(4,5)1(6)7/h4-10,14,19,21-22H,3,11-13,25H2,1-2H3,(H,26,28)(H,30,31);(H,6,7)/t19-,21+,22+;/m0./s1. The van der Waals surface area contributed by atoms with E-state index < -0.39 is 42.2 Å². The molecule has 1 aliphatic rings. The molecule has 0 saturated heterocycles. The van der Waals surface area contributed by atoms with Gasteiger partial charge in [0.2, 0.25) is 11.7 Å². The molecule has 2 amide bonds. The van der Waals surface area contributed by atoms with Gasteiger partial charge < -0.3 is 30.9 Å². The molecule has 13 heteroatoms. The van der Waals surface area contributed by atoms with Crippen LogP contribution < -0.4 is 11.1 Å². The van der Waals surface area contributed by atoms with Crippen molar-refractivity contribution in [3.05, 3.63) is 59.9 Å². The van der Waals surface area contributed by atoms with Crippen molar-refractivity contribution in [3.63, 3.8) is 0 Å². The number of alkyl halides is 3. The molecule has 39 heavy (non-hydrogen) atoms. The summed E-state index contributed by atoms with van der Waals surface area (Å²) < 4.78 is 37.3. The third-order valence-corrected chi connectivity index (χ3v) is 5.74. The highest BCUT2D eigenvalue weighted by Crippen LogP contribution is 2.22. The number of nitrogens with one attached hydrogen (secondary N) is 1. The molecule has 1 aliphatic heterocycles. The number of rotatable bonds is 8. The molecule has 0 radical (unpaired) electrons. The summed E-state index contributed by atoms with van der Waals surface area (Å²) in [6.07, 6.45) is -3.75. The van der Waals surface area contributed by atoms with Crippen LogP contribution in [0.5, 0.6) is 0 Å². The highest BCUT2D eigenvalue weighted by molar-refractivity contribution is 5.89. The van der Waals surface area contributed by atoms with Crippen molar-refractivity contribution in [1.29, 1.82) is 0 Å². The number of carboxylic acid groups (broad SMARTS) is 2. The molecular weight excluding hydrogens is 523 g/mol. The normalized spacial score (nSPS) is 18.6. The molecule has 1 heterocycles. The molecule has 2 aromatic rings. The average molecular weight is 554 g/mol. The minimum Gasteiger partial charge on any atom is -0.475 e. The first-order chi connectivity index (χ1) is 18.3. The largest absolute Gasteiger partial charge is 0.490 e. The fourth-order valence-corrected chi connectivity index (χ4v) is 4.01. The van der Waals surface area contributed by atoms with Crippen molar-refractivity contribution in [2.45, 2.75) is 51.1 Å². The quantitative estimate of drug-likeness (QED) is 0.388. The van der Waals surface area contributed by atoms with Crippen LogP contribution in [0.15, 0.2) is 54.3 Å². The summed E-state index contributed by atoms with van der Waals surface area (Å²) in [5, 5.41) is 21.4. The topological polar surface area (TPSA) is 159 Å². The van der Waals surface area contributed by atoms with E-state index in [1.807, 2.05) is 43.3 Å². The highest BCUT2D eigenvalue weighted by Gasteiger charge is 2.42. The van der Waals surface area contributed by atoms with E-state index in [1.54, 1.807) is 4.90 Å². The molecule has 212 valence electrons. The number of benzene rings is 2. The van der Waals surface area contributed by atoms with Crippen molar-refractivity contribution in [2.24, 2.45) is 5.73 Å². The fourth-order valence-electron chi connectivity index (χ4n) is 4.01. The van der Waals surface area contributed by atoms with Crippen molar-refractivity contribution < 1.29 is 47.3 Å². The lowest BCUT2D eigenvalue weighted by molar-refractivity contribution is -0.192. The zero-order chi connectivity index (χ0) is 29.3. The lowest BCUT2D eigenvalue weighted by Gasteiger charge is -2.37. The number of nitrogens with zero attached hydrogens (tertiary/aromatic N) is 1. The number of ether oxygens (including phenoxy) is 1. The number of fused-ring (bicyclic) bond motifs is 1. The molecule has 0 fully saturated rings. The molecule has 0 bridgehead atoms. The Morgan fingerprint density at radius 3 is 2.23 bits per heavy atom. The van der Waals surface area contributed by atoms with Gasteiger partial charge in [0.1, 0.15) is 0 Å². The van der Waals surface area contributed by atoms with Crippen molar-refractivity contribution in [2.75, 3.05) is 13.1 Å². The summed E-state index contributed by atoms with van der Waals surface area (Å²) in [5.74, 6) is -5.22. The zero-order valence-corrected chi connectivity index (χ0v) is 21.3. The van der Waals surface area contributed by atoms with Crippen LogP contribution in [0.4, 0.5) is 13.2 Å². The lowest BCUT2D eigenvalue weighted by atomic mass is 9.97. The maximum atomic E-state index is 13.5. The maximum absolute atomic E-state index is 13.5. The average Bonchev–Trinajstić information content (AvgIpc) is 2.86. The third kappa shape index (κ3) is 8.70. The molecule has 10 nitrogen and oxygen atoms in total. The number of hydrogen-bond donors (Lipinski definition) is 4. The maximum Gasteiger partial charge on any atom is 0.490 e. The van der Waals surface area contributed by atoms with Crippen LogP contribution in [-0.2, 0) is 30.3 Å².